The van der Waals surface area contributed by atoms with E-state index in [1.165, 1.54) is 6.07 Å². The Kier molecular flexibility index (Phi) is 4.92. The average molecular weight is 282 g/mol. The number of halogens is 3. The number of amides is 1. The van der Waals surface area contributed by atoms with Crippen molar-refractivity contribution in [2.24, 2.45) is 0 Å². The molecule has 0 unspecified atom stereocenters. The van der Waals surface area contributed by atoms with Crippen molar-refractivity contribution in [2.45, 2.75) is 19.1 Å². The number of alkyl halides is 3. The Balaban J connectivity index is 3.25. The molecule has 1 amide bonds. The molecule has 0 N–H and O–H groups in total. The highest BCUT2D eigenvalue weighted by Crippen LogP contribution is 2.28. The van der Waals surface area contributed by atoms with Crippen molar-refractivity contribution in [2.75, 3.05) is 6.54 Å². The minimum atomic E-state index is -5.03. The number of nitriles is 1. The fourth-order valence-corrected chi connectivity index (χ4v) is 1.81. The van der Waals surface area contributed by atoms with Crippen molar-refractivity contribution in [3.05, 3.63) is 48.0 Å². The Hall–Kier alpha value is -2.29. The normalized spacial score (nSPS) is 12.3. The number of rotatable bonds is 4. The van der Waals surface area contributed by atoms with E-state index in [9.17, 15) is 23.2 Å². The summed E-state index contributed by atoms with van der Waals surface area (Å²) in [5.41, 5.74) is 1.01. The van der Waals surface area contributed by atoms with Crippen molar-refractivity contribution in [1.29, 1.82) is 5.26 Å². The average Bonchev–Trinajstić information content (AvgIpc) is 2.38. The highest BCUT2D eigenvalue weighted by molar-refractivity contribution is 5.82. The molecular formula is C14H13F3N2O. The van der Waals surface area contributed by atoms with Crippen LogP contribution in [0.4, 0.5) is 13.2 Å². The lowest BCUT2D eigenvalue weighted by atomic mass is 10.0. The second-order valence-electron chi connectivity index (χ2n) is 4.13. The third kappa shape index (κ3) is 3.38. The summed E-state index contributed by atoms with van der Waals surface area (Å²) in [6.45, 7) is 4.64. The van der Waals surface area contributed by atoms with E-state index in [4.69, 9.17) is 0 Å². The Labute approximate surface area is 114 Å². The Bertz CT molecular complexity index is 546. The number of aryl methyl sites for hydroxylation is 1. The molecule has 0 spiro atoms. The van der Waals surface area contributed by atoms with Crippen LogP contribution in [0.3, 0.4) is 0 Å². The van der Waals surface area contributed by atoms with E-state index < -0.39 is 18.1 Å². The second-order valence-corrected chi connectivity index (χ2v) is 4.13. The van der Waals surface area contributed by atoms with Gasteiger partial charge < -0.3 is 4.90 Å². The van der Waals surface area contributed by atoms with Crippen molar-refractivity contribution in [3.8, 4) is 6.07 Å². The van der Waals surface area contributed by atoms with Crippen LogP contribution in [0.1, 0.15) is 17.2 Å². The molecule has 0 saturated carbocycles. The van der Waals surface area contributed by atoms with Crippen LogP contribution in [0.15, 0.2) is 36.9 Å². The zero-order valence-corrected chi connectivity index (χ0v) is 10.8. The fraction of sp³-hybridized carbons (Fsp3) is 0.286. The van der Waals surface area contributed by atoms with Gasteiger partial charge in [-0.2, -0.15) is 18.4 Å². The lowest BCUT2D eigenvalue weighted by Crippen LogP contribution is -2.43. The van der Waals surface area contributed by atoms with Crippen LogP contribution in [0.5, 0.6) is 0 Å². The van der Waals surface area contributed by atoms with Crippen molar-refractivity contribution in [3.63, 3.8) is 0 Å². The molecule has 0 radical (unpaired) electrons. The van der Waals surface area contributed by atoms with Crippen molar-refractivity contribution < 1.29 is 18.0 Å². The molecule has 0 aliphatic carbocycles. The third-order valence-corrected chi connectivity index (χ3v) is 2.75. The van der Waals surface area contributed by atoms with Crippen LogP contribution < -0.4 is 0 Å². The van der Waals surface area contributed by atoms with Gasteiger partial charge in [0.25, 0.3) is 0 Å². The summed E-state index contributed by atoms with van der Waals surface area (Å²) in [5.74, 6) is -2.05. The van der Waals surface area contributed by atoms with Gasteiger partial charge in [0.1, 0.15) is 6.04 Å². The first-order valence-electron chi connectivity index (χ1n) is 5.76. The first-order chi connectivity index (χ1) is 9.32. The topological polar surface area (TPSA) is 44.1 Å². The summed E-state index contributed by atoms with van der Waals surface area (Å²) in [6, 6.07) is 6.97. The first kappa shape index (κ1) is 15.8. The van der Waals surface area contributed by atoms with Gasteiger partial charge in [-0.3, -0.25) is 4.79 Å². The first-order valence-corrected chi connectivity index (χ1v) is 5.76. The monoisotopic (exact) mass is 282 g/mol. The number of carbonyl (C=O) groups excluding carboxylic acids is 1. The van der Waals surface area contributed by atoms with E-state index in [2.05, 4.69) is 6.58 Å². The summed E-state index contributed by atoms with van der Waals surface area (Å²) < 4.78 is 37.8. The molecule has 0 saturated heterocycles. The summed E-state index contributed by atoms with van der Waals surface area (Å²) in [6.07, 6.45) is -3.87. The van der Waals surface area contributed by atoms with Gasteiger partial charge in [0.2, 0.25) is 0 Å². The molecule has 20 heavy (non-hydrogen) atoms. The molecule has 6 heteroatoms. The summed E-state index contributed by atoms with van der Waals surface area (Å²) >= 11 is 0. The van der Waals surface area contributed by atoms with Crippen LogP contribution in [0.25, 0.3) is 0 Å². The SMILES string of the molecule is C=CCN(C(=O)C(F)(F)F)[C@H](C#N)c1ccccc1C. The van der Waals surface area contributed by atoms with E-state index in [0.717, 1.165) is 6.08 Å². The maximum atomic E-state index is 12.6. The standard InChI is InChI=1S/C14H13F3N2O/c1-3-8-19(13(20)14(15,16)17)12(9-18)11-7-5-4-6-10(11)2/h3-7,12H,1,8H2,2H3/t12-/m1/s1. The number of benzene rings is 1. The summed E-state index contributed by atoms with van der Waals surface area (Å²) in [4.78, 5) is 11.9. The zero-order chi connectivity index (χ0) is 15.3. The minimum absolute atomic E-state index is 0.356. The van der Waals surface area contributed by atoms with Gasteiger partial charge in [-0.15, -0.1) is 6.58 Å². The van der Waals surface area contributed by atoms with Gasteiger partial charge in [-0.1, -0.05) is 30.3 Å². The fourth-order valence-electron chi connectivity index (χ4n) is 1.81. The molecular weight excluding hydrogens is 269 g/mol. The Morgan fingerprint density at radius 1 is 1.50 bits per heavy atom. The molecule has 1 aromatic rings. The molecule has 1 atom stereocenters. The lowest BCUT2D eigenvalue weighted by Gasteiger charge is -2.28. The van der Waals surface area contributed by atoms with Gasteiger partial charge in [0, 0.05) is 6.54 Å². The predicted octanol–water partition coefficient (Wildman–Crippen LogP) is 3.14. The molecule has 0 heterocycles. The van der Waals surface area contributed by atoms with E-state index >= 15 is 0 Å². The molecule has 106 valence electrons. The van der Waals surface area contributed by atoms with Crippen molar-refractivity contribution >= 4 is 5.91 Å². The largest absolute Gasteiger partial charge is 0.471 e. The van der Waals surface area contributed by atoms with Crippen LogP contribution in [-0.2, 0) is 4.79 Å². The predicted molar refractivity (Wildman–Crippen MR) is 67.5 cm³/mol. The summed E-state index contributed by atoms with van der Waals surface area (Å²) in [7, 11) is 0. The van der Waals surface area contributed by atoms with Gasteiger partial charge in [-0.05, 0) is 18.1 Å². The Morgan fingerprint density at radius 2 is 2.10 bits per heavy atom. The number of hydrogen-bond acceptors (Lipinski definition) is 2. The molecule has 0 aromatic heterocycles. The van der Waals surface area contributed by atoms with Gasteiger partial charge >= 0.3 is 12.1 Å². The molecule has 0 aliphatic heterocycles. The lowest BCUT2D eigenvalue weighted by molar-refractivity contribution is -0.186. The van der Waals surface area contributed by atoms with E-state index in [1.54, 1.807) is 31.2 Å². The molecule has 0 bridgehead atoms. The molecule has 1 aromatic carbocycles. The maximum absolute atomic E-state index is 12.6. The van der Waals surface area contributed by atoms with Crippen LogP contribution >= 0.6 is 0 Å². The molecule has 0 fully saturated rings. The molecule has 0 aliphatic rings. The Morgan fingerprint density at radius 3 is 2.55 bits per heavy atom. The number of hydrogen-bond donors (Lipinski definition) is 0. The van der Waals surface area contributed by atoms with Gasteiger partial charge in [0.15, 0.2) is 0 Å². The number of nitrogens with zero attached hydrogens (tertiary/aromatic N) is 2. The highest BCUT2D eigenvalue weighted by Gasteiger charge is 2.44. The quantitative estimate of drug-likeness (QED) is 0.796. The van der Waals surface area contributed by atoms with Crippen molar-refractivity contribution in [1.82, 2.24) is 4.90 Å². The van der Waals surface area contributed by atoms with Crippen LogP contribution in [0, 0.1) is 18.3 Å². The number of carbonyl (C=O) groups is 1. The highest BCUT2D eigenvalue weighted by atomic mass is 19.4. The second kappa shape index (κ2) is 6.24. The maximum Gasteiger partial charge on any atom is 0.471 e. The van der Waals surface area contributed by atoms with Crippen LogP contribution in [-0.4, -0.2) is 23.5 Å². The minimum Gasteiger partial charge on any atom is -0.311 e. The summed E-state index contributed by atoms with van der Waals surface area (Å²) in [5, 5.41) is 9.17. The molecule has 1 rings (SSSR count). The molecule has 3 nitrogen and oxygen atoms in total. The van der Waals surface area contributed by atoms with E-state index in [-0.39, 0.29) is 6.54 Å². The van der Waals surface area contributed by atoms with Gasteiger partial charge in [0.05, 0.1) is 6.07 Å². The van der Waals surface area contributed by atoms with Gasteiger partial charge in [-0.25, -0.2) is 0 Å². The van der Waals surface area contributed by atoms with E-state index in [0.29, 0.717) is 16.0 Å². The van der Waals surface area contributed by atoms with E-state index in [1.807, 2.05) is 0 Å². The van der Waals surface area contributed by atoms with Crippen LogP contribution in [0.2, 0.25) is 0 Å². The smallest absolute Gasteiger partial charge is 0.311 e. The zero-order valence-electron chi connectivity index (χ0n) is 10.8. The third-order valence-electron chi connectivity index (χ3n) is 2.75.